The van der Waals surface area contributed by atoms with Crippen LogP contribution in [0.25, 0.3) is 0 Å². The summed E-state index contributed by atoms with van der Waals surface area (Å²) in [5.74, 6) is -0.139. The number of rotatable bonds is 14. The molecule has 0 unspecified atom stereocenters. The van der Waals surface area contributed by atoms with Crippen LogP contribution in [0.2, 0.25) is 0 Å². The van der Waals surface area contributed by atoms with Gasteiger partial charge < -0.3 is 9.47 Å². The highest BCUT2D eigenvalue weighted by Crippen LogP contribution is 2.14. The number of hydrogen-bond acceptors (Lipinski definition) is 4. The van der Waals surface area contributed by atoms with Crippen molar-refractivity contribution < 1.29 is 19.1 Å². The van der Waals surface area contributed by atoms with Crippen LogP contribution in [0.1, 0.15) is 85.5 Å². The van der Waals surface area contributed by atoms with Crippen LogP contribution < -0.4 is 0 Å². The fourth-order valence-electron chi connectivity index (χ4n) is 2.44. The summed E-state index contributed by atoms with van der Waals surface area (Å²) in [6.45, 7) is 9.33. The monoisotopic (exact) mass is 328 g/mol. The van der Waals surface area contributed by atoms with Crippen molar-refractivity contribution in [2.45, 2.75) is 85.5 Å². The molecule has 0 aliphatic rings. The van der Waals surface area contributed by atoms with Crippen molar-refractivity contribution in [2.75, 3.05) is 13.2 Å². The van der Waals surface area contributed by atoms with E-state index in [1.165, 1.54) is 0 Å². The predicted molar refractivity (Wildman–Crippen MR) is 93.1 cm³/mol. The Balaban J connectivity index is 3.93. The van der Waals surface area contributed by atoms with E-state index in [9.17, 15) is 9.59 Å². The van der Waals surface area contributed by atoms with E-state index in [0.29, 0.717) is 25.0 Å². The summed E-state index contributed by atoms with van der Waals surface area (Å²) in [5, 5.41) is 0. The fourth-order valence-corrected chi connectivity index (χ4v) is 2.44. The number of hydrogen-bond donors (Lipinski definition) is 0. The lowest BCUT2D eigenvalue weighted by atomic mass is 10.0. The van der Waals surface area contributed by atoms with Crippen molar-refractivity contribution in [3.8, 4) is 0 Å². The van der Waals surface area contributed by atoms with Gasteiger partial charge in [0, 0.05) is 0 Å². The van der Waals surface area contributed by atoms with Gasteiger partial charge in [0.15, 0.2) is 0 Å². The van der Waals surface area contributed by atoms with E-state index < -0.39 is 11.9 Å². The van der Waals surface area contributed by atoms with Crippen molar-refractivity contribution in [1.29, 1.82) is 0 Å². The number of carbonyl (C=O) groups excluding carboxylic acids is 2. The van der Waals surface area contributed by atoms with Crippen LogP contribution in [0.5, 0.6) is 0 Å². The smallest absolute Gasteiger partial charge is 0.317 e. The molecular weight excluding hydrogens is 292 g/mol. The fraction of sp³-hybridized carbons (Fsp3) is 0.895. The Morgan fingerprint density at radius 2 is 1.13 bits per heavy atom. The van der Waals surface area contributed by atoms with Crippen molar-refractivity contribution in [2.24, 2.45) is 11.8 Å². The van der Waals surface area contributed by atoms with Crippen molar-refractivity contribution >= 4 is 11.9 Å². The predicted octanol–water partition coefficient (Wildman–Crippen LogP) is 4.90. The first-order valence-electron chi connectivity index (χ1n) is 9.38. The average molecular weight is 328 g/mol. The minimum absolute atomic E-state index is 0.269. The molecule has 0 heterocycles. The summed E-state index contributed by atoms with van der Waals surface area (Å²) in [6.07, 6.45) is 8.44. The summed E-state index contributed by atoms with van der Waals surface area (Å²) in [5.41, 5.74) is 0. The second kappa shape index (κ2) is 14.5. The third kappa shape index (κ3) is 12.1. The molecule has 0 radical (unpaired) electrons. The molecule has 0 aliphatic carbocycles. The third-order valence-corrected chi connectivity index (χ3v) is 4.34. The molecule has 0 aromatic rings. The Labute approximate surface area is 142 Å². The molecule has 2 atom stereocenters. The van der Waals surface area contributed by atoms with Crippen LogP contribution in [0.4, 0.5) is 0 Å². The van der Waals surface area contributed by atoms with Gasteiger partial charge in [-0.05, 0) is 24.7 Å². The Morgan fingerprint density at radius 1 is 0.739 bits per heavy atom. The molecule has 0 amide bonds. The number of ether oxygens (including phenoxy) is 2. The maximum atomic E-state index is 11.7. The first-order chi connectivity index (χ1) is 11.1. The van der Waals surface area contributed by atoms with Gasteiger partial charge in [0.2, 0.25) is 0 Å². The van der Waals surface area contributed by atoms with E-state index in [1.807, 2.05) is 0 Å². The summed E-state index contributed by atoms with van der Waals surface area (Å²) < 4.78 is 10.4. The first kappa shape index (κ1) is 21.9. The summed E-state index contributed by atoms with van der Waals surface area (Å²) in [6, 6.07) is 0. The topological polar surface area (TPSA) is 52.6 Å². The van der Waals surface area contributed by atoms with Gasteiger partial charge in [-0.1, -0.05) is 66.2 Å². The third-order valence-electron chi connectivity index (χ3n) is 4.34. The summed E-state index contributed by atoms with van der Waals surface area (Å²) in [4.78, 5) is 23.4. The van der Waals surface area contributed by atoms with Crippen molar-refractivity contribution in [3.63, 3.8) is 0 Å². The van der Waals surface area contributed by atoms with Gasteiger partial charge in [-0.15, -0.1) is 0 Å². The molecule has 0 saturated heterocycles. The molecule has 0 rings (SSSR count). The minimum Gasteiger partial charge on any atom is -0.465 e. The molecule has 0 aromatic carbocycles. The van der Waals surface area contributed by atoms with E-state index in [0.717, 1.165) is 51.4 Å². The molecule has 0 aliphatic heterocycles. The van der Waals surface area contributed by atoms with E-state index in [-0.39, 0.29) is 6.42 Å². The molecule has 4 heteroatoms. The van der Waals surface area contributed by atoms with Crippen LogP contribution in [0.3, 0.4) is 0 Å². The normalized spacial score (nSPS) is 13.4. The zero-order valence-corrected chi connectivity index (χ0v) is 15.6. The lowest BCUT2D eigenvalue weighted by Gasteiger charge is -2.16. The summed E-state index contributed by atoms with van der Waals surface area (Å²) in [7, 11) is 0. The van der Waals surface area contributed by atoms with Gasteiger partial charge in [0.25, 0.3) is 0 Å². The SMILES string of the molecule is CCCC[C@H](CC)COC(=O)CC(=O)OC[C@@H](CC)CCCC. The molecular formula is C19H36O4. The van der Waals surface area contributed by atoms with Gasteiger partial charge >= 0.3 is 11.9 Å². The van der Waals surface area contributed by atoms with E-state index in [2.05, 4.69) is 27.7 Å². The number of unbranched alkanes of at least 4 members (excludes halogenated alkanes) is 2. The van der Waals surface area contributed by atoms with Crippen LogP contribution in [-0.2, 0) is 19.1 Å². The van der Waals surface area contributed by atoms with Gasteiger partial charge in [0.1, 0.15) is 6.42 Å². The van der Waals surface area contributed by atoms with Crippen molar-refractivity contribution in [1.82, 2.24) is 0 Å². The molecule has 0 saturated carbocycles. The standard InChI is InChI=1S/C19H36O4/c1-5-9-11-16(7-3)14-22-18(20)13-19(21)23-15-17(8-4)12-10-6-2/h16-17H,5-15H2,1-4H3/t16-,17-/m0/s1. The van der Waals surface area contributed by atoms with Gasteiger partial charge in [-0.3, -0.25) is 9.59 Å². The first-order valence-corrected chi connectivity index (χ1v) is 9.38. The highest BCUT2D eigenvalue weighted by atomic mass is 16.6. The molecule has 23 heavy (non-hydrogen) atoms. The lowest BCUT2D eigenvalue weighted by molar-refractivity contribution is -0.156. The Kier molecular flexibility index (Phi) is 13.9. The average Bonchev–Trinajstić information content (AvgIpc) is 2.55. The maximum Gasteiger partial charge on any atom is 0.317 e. The molecule has 4 nitrogen and oxygen atoms in total. The van der Waals surface area contributed by atoms with E-state index >= 15 is 0 Å². The Hall–Kier alpha value is -1.06. The number of carbonyl (C=O) groups is 2. The van der Waals surface area contributed by atoms with Gasteiger partial charge in [-0.25, -0.2) is 0 Å². The molecule has 0 bridgehead atoms. The quantitative estimate of drug-likeness (QED) is 0.336. The van der Waals surface area contributed by atoms with Crippen molar-refractivity contribution in [3.05, 3.63) is 0 Å². The zero-order chi connectivity index (χ0) is 17.5. The molecule has 0 N–H and O–H groups in total. The minimum atomic E-state index is -0.466. The summed E-state index contributed by atoms with van der Waals surface area (Å²) >= 11 is 0. The second-order valence-electron chi connectivity index (χ2n) is 6.38. The van der Waals surface area contributed by atoms with Crippen LogP contribution in [-0.4, -0.2) is 25.2 Å². The lowest BCUT2D eigenvalue weighted by Crippen LogP contribution is -2.20. The van der Waals surface area contributed by atoms with Gasteiger partial charge in [0.05, 0.1) is 13.2 Å². The molecule has 0 aromatic heterocycles. The van der Waals surface area contributed by atoms with Crippen LogP contribution in [0.15, 0.2) is 0 Å². The van der Waals surface area contributed by atoms with Crippen LogP contribution in [0, 0.1) is 11.8 Å². The Bertz CT molecular complexity index is 284. The zero-order valence-electron chi connectivity index (χ0n) is 15.6. The molecule has 136 valence electrons. The molecule has 0 spiro atoms. The Morgan fingerprint density at radius 3 is 1.43 bits per heavy atom. The maximum absolute atomic E-state index is 11.7. The van der Waals surface area contributed by atoms with Crippen LogP contribution >= 0.6 is 0 Å². The highest BCUT2D eigenvalue weighted by Gasteiger charge is 2.16. The molecule has 0 fully saturated rings. The largest absolute Gasteiger partial charge is 0.465 e. The second-order valence-corrected chi connectivity index (χ2v) is 6.38. The van der Waals surface area contributed by atoms with Gasteiger partial charge in [-0.2, -0.15) is 0 Å². The van der Waals surface area contributed by atoms with E-state index in [4.69, 9.17) is 9.47 Å². The number of esters is 2. The highest BCUT2D eigenvalue weighted by molar-refractivity contribution is 5.91. The van der Waals surface area contributed by atoms with E-state index in [1.54, 1.807) is 0 Å².